The van der Waals surface area contributed by atoms with E-state index in [1.165, 1.54) is 30.6 Å². The summed E-state index contributed by atoms with van der Waals surface area (Å²) >= 11 is 1.49. The van der Waals surface area contributed by atoms with E-state index in [4.69, 9.17) is 9.47 Å². The van der Waals surface area contributed by atoms with E-state index in [0.29, 0.717) is 30.0 Å². The molecule has 1 saturated carbocycles. The molecule has 1 amide bonds. The highest BCUT2D eigenvalue weighted by Gasteiger charge is 2.27. The molecule has 0 unspecified atom stereocenters. The second kappa shape index (κ2) is 8.59. The molecule has 2 aliphatic rings. The van der Waals surface area contributed by atoms with Crippen molar-refractivity contribution in [3.05, 3.63) is 59.1 Å². The SMILES string of the molecule is COc1cccc2c1Oc1ncccc1N(c1ccc(C(=O)NC3CCCCC3)s1)C2. The van der Waals surface area contributed by atoms with Gasteiger partial charge in [0.15, 0.2) is 11.5 Å². The van der Waals surface area contributed by atoms with Gasteiger partial charge in [-0.3, -0.25) is 4.79 Å². The first-order chi connectivity index (χ1) is 15.2. The number of carbonyl (C=O) groups excluding carboxylic acids is 1. The maximum Gasteiger partial charge on any atom is 0.261 e. The van der Waals surface area contributed by atoms with Gasteiger partial charge in [0.25, 0.3) is 5.91 Å². The van der Waals surface area contributed by atoms with Gasteiger partial charge in [0.05, 0.1) is 23.5 Å². The van der Waals surface area contributed by atoms with E-state index in [-0.39, 0.29) is 5.91 Å². The highest BCUT2D eigenvalue weighted by Crippen LogP contribution is 2.46. The summed E-state index contributed by atoms with van der Waals surface area (Å²) in [6.07, 6.45) is 7.53. The lowest BCUT2D eigenvalue weighted by Gasteiger charge is -2.22. The van der Waals surface area contributed by atoms with E-state index < -0.39 is 0 Å². The van der Waals surface area contributed by atoms with Crippen molar-refractivity contribution in [2.24, 2.45) is 0 Å². The van der Waals surface area contributed by atoms with Crippen molar-refractivity contribution in [2.45, 2.75) is 44.7 Å². The maximum atomic E-state index is 12.8. The molecule has 3 aromatic rings. The van der Waals surface area contributed by atoms with Gasteiger partial charge in [-0.2, -0.15) is 0 Å². The summed E-state index contributed by atoms with van der Waals surface area (Å²) in [7, 11) is 1.64. The fourth-order valence-electron chi connectivity index (χ4n) is 4.28. The summed E-state index contributed by atoms with van der Waals surface area (Å²) in [5.74, 6) is 1.89. The van der Waals surface area contributed by atoms with Crippen LogP contribution in [-0.4, -0.2) is 24.0 Å². The number of aromatic nitrogens is 1. The number of nitrogens with zero attached hydrogens (tertiary/aromatic N) is 2. The Morgan fingerprint density at radius 1 is 1.16 bits per heavy atom. The van der Waals surface area contributed by atoms with E-state index >= 15 is 0 Å². The Morgan fingerprint density at radius 2 is 2.03 bits per heavy atom. The molecule has 1 N–H and O–H groups in total. The third-order valence-corrected chi connectivity index (χ3v) is 6.98. The number of benzene rings is 1. The zero-order valence-electron chi connectivity index (χ0n) is 17.5. The standard InChI is InChI=1S/C24H25N3O3S/c1-29-19-11-5-7-16-15-27(18-10-6-14-25-24(18)30-22(16)19)21-13-12-20(31-21)23(28)26-17-8-3-2-4-9-17/h5-7,10-14,17H,2-4,8-9,15H2,1H3,(H,26,28). The first-order valence-electron chi connectivity index (χ1n) is 10.7. The first kappa shape index (κ1) is 19.9. The molecule has 0 radical (unpaired) electrons. The number of hydrogen-bond acceptors (Lipinski definition) is 6. The summed E-state index contributed by atoms with van der Waals surface area (Å²) in [6, 6.07) is 14.0. The molecule has 1 aromatic carbocycles. The first-order valence-corrected chi connectivity index (χ1v) is 11.5. The van der Waals surface area contributed by atoms with Crippen LogP contribution in [0.4, 0.5) is 10.7 Å². The van der Waals surface area contributed by atoms with Crippen LogP contribution in [0.3, 0.4) is 0 Å². The normalized spacial score (nSPS) is 16.0. The van der Waals surface area contributed by atoms with Crippen molar-refractivity contribution in [1.29, 1.82) is 0 Å². The van der Waals surface area contributed by atoms with Gasteiger partial charge in [0.1, 0.15) is 5.69 Å². The Hall–Kier alpha value is -3.06. The number of carbonyl (C=O) groups is 1. The lowest BCUT2D eigenvalue weighted by atomic mass is 9.95. The Balaban J connectivity index is 1.46. The van der Waals surface area contributed by atoms with Crippen molar-refractivity contribution in [2.75, 3.05) is 12.0 Å². The van der Waals surface area contributed by atoms with Crippen LogP contribution < -0.4 is 19.7 Å². The van der Waals surface area contributed by atoms with E-state index in [1.54, 1.807) is 13.3 Å². The zero-order chi connectivity index (χ0) is 21.2. The molecular weight excluding hydrogens is 410 g/mol. The quantitative estimate of drug-likeness (QED) is 0.573. The van der Waals surface area contributed by atoms with Crippen LogP contribution in [0.1, 0.15) is 47.3 Å². The molecule has 1 fully saturated rings. The monoisotopic (exact) mass is 435 g/mol. The number of rotatable bonds is 4. The number of anilines is 2. The molecule has 0 atom stereocenters. The molecule has 1 aliphatic carbocycles. The van der Waals surface area contributed by atoms with Crippen LogP contribution in [0.5, 0.6) is 17.4 Å². The number of fused-ring (bicyclic) bond motifs is 2. The summed E-state index contributed by atoms with van der Waals surface area (Å²) in [6.45, 7) is 0.593. The van der Waals surface area contributed by atoms with Crippen LogP contribution >= 0.6 is 11.3 Å². The van der Waals surface area contributed by atoms with E-state index in [1.807, 2.05) is 42.5 Å². The molecular formula is C24H25N3O3S. The van der Waals surface area contributed by atoms with Crippen LogP contribution in [0.15, 0.2) is 48.7 Å². The van der Waals surface area contributed by atoms with Gasteiger partial charge >= 0.3 is 0 Å². The topological polar surface area (TPSA) is 63.7 Å². The number of para-hydroxylation sites is 1. The Labute approximate surface area is 185 Å². The second-order valence-corrected chi connectivity index (χ2v) is 8.97. The molecule has 7 heteroatoms. The third kappa shape index (κ3) is 3.97. The summed E-state index contributed by atoms with van der Waals surface area (Å²) in [5.41, 5.74) is 1.86. The van der Waals surface area contributed by atoms with Crippen LogP contribution in [0, 0.1) is 0 Å². The number of amides is 1. The molecule has 160 valence electrons. The third-order valence-electron chi connectivity index (χ3n) is 5.87. The van der Waals surface area contributed by atoms with Crippen molar-refractivity contribution in [3.63, 3.8) is 0 Å². The highest BCUT2D eigenvalue weighted by atomic mass is 32.1. The van der Waals surface area contributed by atoms with Crippen LogP contribution in [0.2, 0.25) is 0 Å². The largest absolute Gasteiger partial charge is 0.493 e. The average Bonchev–Trinajstić information content (AvgIpc) is 3.23. The van der Waals surface area contributed by atoms with Gasteiger partial charge in [-0.05, 0) is 43.2 Å². The zero-order valence-corrected chi connectivity index (χ0v) is 18.3. The summed E-state index contributed by atoms with van der Waals surface area (Å²) in [4.78, 5) is 20.2. The van der Waals surface area contributed by atoms with Crippen molar-refractivity contribution < 1.29 is 14.3 Å². The lowest BCUT2D eigenvalue weighted by molar-refractivity contribution is 0.0932. The van der Waals surface area contributed by atoms with Gasteiger partial charge in [-0.15, -0.1) is 11.3 Å². The van der Waals surface area contributed by atoms with Crippen LogP contribution in [0.25, 0.3) is 0 Å². The van der Waals surface area contributed by atoms with E-state index in [9.17, 15) is 4.79 Å². The minimum Gasteiger partial charge on any atom is -0.493 e. The molecule has 1 aliphatic heterocycles. The van der Waals surface area contributed by atoms with Crippen molar-refractivity contribution in [3.8, 4) is 17.4 Å². The molecule has 6 nitrogen and oxygen atoms in total. The minimum absolute atomic E-state index is 0.0164. The maximum absolute atomic E-state index is 12.8. The number of ether oxygens (including phenoxy) is 2. The Kier molecular flexibility index (Phi) is 5.51. The van der Waals surface area contributed by atoms with Gasteiger partial charge in [0, 0.05) is 17.8 Å². The lowest BCUT2D eigenvalue weighted by Crippen LogP contribution is -2.35. The van der Waals surface area contributed by atoms with Gasteiger partial charge in [-0.1, -0.05) is 31.4 Å². The van der Waals surface area contributed by atoms with Gasteiger partial charge in [0.2, 0.25) is 5.88 Å². The number of methoxy groups -OCH3 is 1. The van der Waals surface area contributed by atoms with Crippen LogP contribution in [-0.2, 0) is 6.54 Å². The molecule has 5 rings (SSSR count). The fourth-order valence-corrected chi connectivity index (χ4v) is 5.20. The fraction of sp³-hybridized carbons (Fsp3) is 0.333. The number of nitrogens with one attached hydrogen (secondary N) is 1. The molecule has 2 aromatic heterocycles. The smallest absolute Gasteiger partial charge is 0.261 e. The number of hydrogen-bond donors (Lipinski definition) is 1. The van der Waals surface area contributed by atoms with Gasteiger partial charge in [-0.25, -0.2) is 4.98 Å². The van der Waals surface area contributed by atoms with E-state index in [0.717, 1.165) is 34.0 Å². The Bertz CT molecular complexity index is 1090. The summed E-state index contributed by atoms with van der Waals surface area (Å²) in [5, 5.41) is 4.19. The van der Waals surface area contributed by atoms with E-state index in [2.05, 4.69) is 15.2 Å². The highest BCUT2D eigenvalue weighted by molar-refractivity contribution is 7.18. The molecule has 0 saturated heterocycles. The molecule has 0 spiro atoms. The predicted octanol–water partition coefficient (Wildman–Crippen LogP) is 5.66. The van der Waals surface area contributed by atoms with Gasteiger partial charge < -0.3 is 19.7 Å². The van der Waals surface area contributed by atoms with Crippen molar-refractivity contribution in [1.82, 2.24) is 10.3 Å². The molecule has 3 heterocycles. The minimum atomic E-state index is 0.0164. The number of pyridine rings is 1. The predicted molar refractivity (Wildman–Crippen MR) is 122 cm³/mol. The average molecular weight is 436 g/mol. The number of thiophene rings is 1. The van der Waals surface area contributed by atoms with Crippen molar-refractivity contribution >= 4 is 27.9 Å². The summed E-state index contributed by atoms with van der Waals surface area (Å²) < 4.78 is 11.7. The molecule has 31 heavy (non-hydrogen) atoms. The molecule has 0 bridgehead atoms. The Morgan fingerprint density at radius 3 is 2.87 bits per heavy atom. The second-order valence-electron chi connectivity index (χ2n) is 7.91.